The standard InChI is InChI=1S/C74H42N12/c75-43-44-35-36-58-51(42-44)45-18-1-7-24-52(45)81(58)69-70(82-53-25-8-2-19-46(53)64-59(82)30-13-37-76-64)72(84-55-27-10-4-21-48(55)66-61(84)32-15-39-78-66)74(86-57-29-12-6-23-50(57)68-63(86)34-17-41-80-68)73(85-56-28-11-5-22-49(56)67-62(85)33-16-40-79-67)71(69)83-54-26-9-3-20-47(54)65-60(83)31-14-38-77-65/h1-42H. The molecule has 0 aliphatic carbocycles. The van der Waals surface area contributed by atoms with Crippen molar-refractivity contribution in [1.82, 2.24) is 52.3 Å². The lowest BCUT2D eigenvalue weighted by Crippen LogP contribution is -2.20. The number of aromatic nitrogens is 11. The summed E-state index contributed by atoms with van der Waals surface area (Å²) in [6.45, 7) is 0. The third kappa shape index (κ3) is 6.06. The zero-order valence-corrected chi connectivity index (χ0v) is 45.6. The molecule has 398 valence electrons. The summed E-state index contributed by atoms with van der Waals surface area (Å²) in [7, 11) is 0. The van der Waals surface area contributed by atoms with E-state index in [0.29, 0.717) is 5.56 Å². The second kappa shape index (κ2) is 17.4. The van der Waals surface area contributed by atoms with Gasteiger partial charge in [0.25, 0.3) is 0 Å². The summed E-state index contributed by atoms with van der Waals surface area (Å²) in [5.41, 5.74) is 21.1. The average Bonchev–Trinajstić information content (AvgIpc) is 1.44. The van der Waals surface area contributed by atoms with E-state index in [0.717, 1.165) is 166 Å². The highest BCUT2D eigenvalue weighted by atomic mass is 15.2. The second-order valence-electron chi connectivity index (χ2n) is 21.9. The summed E-state index contributed by atoms with van der Waals surface area (Å²) in [5, 5.41) is 17.6. The lowest BCUT2D eigenvalue weighted by atomic mass is 10.0. The van der Waals surface area contributed by atoms with Gasteiger partial charge in [0.05, 0.1) is 140 Å². The van der Waals surface area contributed by atoms with Gasteiger partial charge >= 0.3 is 0 Å². The second-order valence-corrected chi connectivity index (χ2v) is 21.9. The quantitative estimate of drug-likeness (QED) is 0.164. The summed E-state index contributed by atoms with van der Waals surface area (Å²) in [4.78, 5) is 26.4. The molecule has 19 aromatic rings. The maximum Gasteiger partial charge on any atom is 0.0992 e. The predicted molar refractivity (Wildman–Crippen MR) is 346 cm³/mol. The lowest BCUT2D eigenvalue weighted by Gasteiger charge is -2.32. The molecule has 0 unspecified atom stereocenters. The van der Waals surface area contributed by atoms with Crippen molar-refractivity contribution >= 4 is 131 Å². The van der Waals surface area contributed by atoms with Gasteiger partial charge in [-0.3, -0.25) is 24.9 Å². The van der Waals surface area contributed by atoms with Crippen LogP contribution in [-0.4, -0.2) is 52.3 Å². The highest BCUT2D eigenvalue weighted by Crippen LogP contribution is 2.54. The SMILES string of the molecule is N#Cc1ccc2c(c1)c1ccccc1n2-c1c(-n2c3ccccc3c3ncccc32)c(-n2c3ccccc3c3ncccc32)c(-n2c3ccccc3c3ncccc32)c(-n2c3ccccc3c3ncccc32)c1-n1c2ccccc2c2ncccc21. The molecule has 0 saturated carbocycles. The molecule has 8 aromatic carbocycles. The number of pyridine rings is 5. The Morgan fingerprint density at radius 2 is 0.442 bits per heavy atom. The van der Waals surface area contributed by atoms with Crippen molar-refractivity contribution in [2.75, 3.05) is 0 Å². The predicted octanol–water partition coefficient (Wildman–Crippen LogP) is 17.1. The Kier molecular flexibility index (Phi) is 9.40. The molecular weight excluding hydrogens is 1060 g/mol. The van der Waals surface area contributed by atoms with Crippen molar-refractivity contribution in [3.8, 4) is 40.2 Å². The first kappa shape index (κ1) is 46.4. The molecule has 19 rings (SSSR count). The zero-order valence-electron chi connectivity index (χ0n) is 45.6. The molecule has 0 N–H and O–H groups in total. The van der Waals surface area contributed by atoms with Gasteiger partial charge < -0.3 is 27.4 Å². The van der Waals surface area contributed by atoms with Crippen LogP contribution >= 0.6 is 0 Å². The minimum atomic E-state index is 0.565. The summed E-state index contributed by atoms with van der Waals surface area (Å²) in [6, 6.07) is 81.8. The molecule has 0 aliphatic rings. The van der Waals surface area contributed by atoms with Crippen LogP contribution in [0.15, 0.2) is 255 Å². The Hall–Kier alpha value is -12.2. The normalized spacial score (nSPS) is 12.2. The third-order valence-corrected chi connectivity index (χ3v) is 17.6. The van der Waals surface area contributed by atoms with Crippen LogP contribution in [0.1, 0.15) is 5.56 Å². The number of nitrogens with zero attached hydrogens (tertiary/aromatic N) is 12. The van der Waals surface area contributed by atoms with E-state index in [1.165, 1.54) is 0 Å². The molecule has 0 aliphatic heterocycles. The van der Waals surface area contributed by atoms with Crippen LogP contribution in [0, 0.1) is 11.3 Å². The fourth-order valence-corrected chi connectivity index (χ4v) is 14.3. The van der Waals surface area contributed by atoms with Crippen molar-refractivity contribution in [2.45, 2.75) is 0 Å². The van der Waals surface area contributed by atoms with Gasteiger partial charge in [0, 0.05) is 68.7 Å². The van der Waals surface area contributed by atoms with E-state index in [4.69, 9.17) is 24.9 Å². The van der Waals surface area contributed by atoms with E-state index in [2.05, 4.69) is 215 Å². The minimum Gasteiger partial charge on any atom is -0.305 e. The fourth-order valence-electron chi connectivity index (χ4n) is 14.3. The van der Waals surface area contributed by atoms with E-state index < -0.39 is 0 Å². The maximum absolute atomic E-state index is 10.7. The highest BCUT2D eigenvalue weighted by Gasteiger charge is 2.38. The summed E-state index contributed by atoms with van der Waals surface area (Å²) < 4.78 is 14.8. The average molecular weight is 1100 g/mol. The maximum atomic E-state index is 10.7. The van der Waals surface area contributed by atoms with Crippen LogP contribution in [0.5, 0.6) is 0 Å². The van der Waals surface area contributed by atoms with Gasteiger partial charge in [-0.15, -0.1) is 0 Å². The highest BCUT2D eigenvalue weighted by molar-refractivity contribution is 6.18. The minimum absolute atomic E-state index is 0.565. The van der Waals surface area contributed by atoms with Gasteiger partial charge in [0.2, 0.25) is 0 Å². The molecule has 0 fully saturated rings. The Balaban J connectivity index is 1.25. The first-order valence-corrected chi connectivity index (χ1v) is 28.6. The van der Waals surface area contributed by atoms with E-state index in [-0.39, 0.29) is 0 Å². The van der Waals surface area contributed by atoms with Gasteiger partial charge in [0.1, 0.15) is 0 Å². The molecule has 0 spiro atoms. The largest absolute Gasteiger partial charge is 0.305 e. The van der Waals surface area contributed by atoms with Crippen molar-refractivity contribution in [1.29, 1.82) is 5.26 Å². The first-order valence-electron chi connectivity index (χ1n) is 28.6. The monoisotopic (exact) mass is 1100 g/mol. The summed E-state index contributed by atoms with van der Waals surface area (Å²) in [5.74, 6) is 0. The summed E-state index contributed by atoms with van der Waals surface area (Å²) >= 11 is 0. The smallest absolute Gasteiger partial charge is 0.0992 e. The van der Waals surface area contributed by atoms with Crippen molar-refractivity contribution in [2.24, 2.45) is 0 Å². The number of fused-ring (bicyclic) bond motifs is 18. The van der Waals surface area contributed by atoms with E-state index >= 15 is 0 Å². The van der Waals surface area contributed by atoms with Crippen molar-refractivity contribution in [3.05, 3.63) is 261 Å². The number of nitriles is 1. The first-order chi connectivity index (χ1) is 42.7. The molecule has 0 bridgehead atoms. The Morgan fingerprint density at radius 3 is 0.721 bits per heavy atom. The van der Waals surface area contributed by atoms with Crippen LogP contribution in [0.25, 0.3) is 166 Å². The number of benzene rings is 8. The zero-order chi connectivity index (χ0) is 56.3. The van der Waals surface area contributed by atoms with E-state index in [1.807, 2.05) is 73.4 Å². The lowest BCUT2D eigenvalue weighted by molar-refractivity contribution is 0.969. The molecule has 86 heavy (non-hydrogen) atoms. The molecule has 11 aromatic heterocycles. The number of hydrogen-bond donors (Lipinski definition) is 0. The van der Waals surface area contributed by atoms with Crippen LogP contribution < -0.4 is 0 Å². The Bertz CT molecular complexity index is 5680. The number of para-hydroxylation sites is 6. The van der Waals surface area contributed by atoms with Crippen LogP contribution in [-0.2, 0) is 0 Å². The topological polar surface area (TPSA) is 118 Å². The third-order valence-electron chi connectivity index (χ3n) is 17.6. The Morgan fingerprint density at radius 1 is 0.221 bits per heavy atom. The molecule has 0 saturated heterocycles. The van der Waals surface area contributed by atoms with E-state index in [9.17, 15) is 5.26 Å². The molecule has 0 atom stereocenters. The molecule has 12 nitrogen and oxygen atoms in total. The molecular formula is C74H42N12. The molecule has 0 amide bonds. The molecule has 12 heteroatoms. The number of hydrogen-bond acceptors (Lipinski definition) is 6. The van der Waals surface area contributed by atoms with Crippen molar-refractivity contribution < 1.29 is 0 Å². The Labute approximate surface area is 487 Å². The molecule has 11 heterocycles. The van der Waals surface area contributed by atoms with Gasteiger partial charge in [-0.2, -0.15) is 5.26 Å². The van der Waals surface area contributed by atoms with E-state index in [1.54, 1.807) is 0 Å². The van der Waals surface area contributed by atoms with Gasteiger partial charge in [-0.05, 0) is 115 Å². The molecule has 0 radical (unpaired) electrons. The van der Waals surface area contributed by atoms with Gasteiger partial charge in [-0.1, -0.05) is 109 Å². The summed E-state index contributed by atoms with van der Waals surface area (Å²) in [6.07, 6.45) is 9.48. The van der Waals surface area contributed by atoms with Gasteiger partial charge in [0.15, 0.2) is 0 Å². The van der Waals surface area contributed by atoms with Crippen LogP contribution in [0.4, 0.5) is 0 Å². The number of rotatable bonds is 6. The van der Waals surface area contributed by atoms with Crippen molar-refractivity contribution in [3.63, 3.8) is 0 Å². The van der Waals surface area contributed by atoms with Crippen LogP contribution in [0.2, 0.25) is 0 Å². The van der Waals surface area contributed by atoms with Gasteiger partial charge in [-0.25, -0.2) is 0 Å². The fraction of sp³-hybridized carbons (Fsp3) is 0. The van der Waals surface area contributed by atoms with Crippen LogP contribution in [0.3, 0.4) is 0 Å².